The Hall–Kier alpha value is -0.620. The molecule has 2 N–H and O–H groups in total. The smallest absolute Gasteiger partial charge is 0.321 e. The van der Waals surface area contributed by atoms with Crippen LogP contribution >= 0.6 is 0 Å². The molecular formula is C12H25NO4S. The first-order valence-electron chi connectivity index (χ1n) is 6.16. The van der Waals surface area contributed by atoms with E-state index in [9.17, 15) is 13.2 Å². The van der Waals surface area contributed by atoms with Gasteiger partial charge in [-0.2, -0.15) is 0 Å². The van der Waals surface area contributed by atoms with Crippen molar-refractivity contribution >= 4 is 16.0 Å². The second kappa shape index (κ2) is 6.52. The zero-order valence-electron chi connectivity index (χ0n) is 11.9. The van der Waals surface area contributed by atoms with Crippen LogP contribution in [-0.4, -0.2) is 31.3 Å². The highest BCUT2D eigenvalue weighted by atomic mass is 32.2. The Bertz CT molecular complexity index is 368. The van der Waals surface area contributed by atoms with Crippen LogP contribution in [0.5, 0.6) is 0 Å². The lowest BCUT2D eigenvalue weighted by atomic mass is 9.94. The summed E-state index contributed by atoms with van der Waals surface area (Å²) in [4.78, 5) is 11.0. The van der Waals surface area contributed by atoms with Crippen LogP contribution in [0.3, 0.4) is 0 Å². The summed E-state index contributed by atoms with van der Waals surface area (Å²) in [6.45, 7) is 9.57. The third-order valence-corrected chi connectivity index (χ3v) is 3.83. The molecule has 0 bridgehead atoms. The predicted molar refractivity (Wildman–Crippen MR) is 71.9 cm³/mol. The highest BCUT2D eigenvalue weighted by Gasteiger charge is 2.25. The van der Waals surface area contributed by atoms with E-state index in [1.54, 1.807) is 0 Å². The van der Waals surface area contributed by atoms with Crippen molar-refractivity contribution in [2.45, 2.75) is 53.5 Å². The van der Waals surface area contributed by atoms with Crippen LogP contribution in [0, 0.1) is 11.3 Å². The largest absolute Gasteiger partial charge is 0.480 e. The monoisotopic (exact) mass is 279 g/mol. The van der Waals surface area contributed by atoms with Crippen LogP contribution in [0.2, 0.25) is 0 Å². The number of carbonyl (C=O) groups is 1. The molecule has 0 radical (unpaired) electrons. The van der Waals surface area contributed by atoms with Gasteiger partial charge in [0.15, 0.2) is 0 Å². The molecule has 0 spiro atoms. The molecule has 0 aliphatic heterocycles. The van der Waals surface area contributed by atoms with Crippen molar-refractivity contribution in [1.29, 1.82) is 0 Å². The first-order valence-corrected chi connectivity index (χ1v) is 7.81. The van der Waals surface area contributed by atoms with Crippen LogP contribution in [0.1, 0.15) is 47.5 Å². The molecule has 0 aromatic rings. The van der Waals surface area contributed by atoms with Crippen LogP contribution in [-0.2, 0) is 14.8 Å². The van der Waals surface area contributed by atoms with Gasteiger partial charge in [-0.15, -0.1) is 0 Å². The minimum Gasteiger partial charge on any atom is -0.480 e. The maximum Gasteiger partial charge on any atom is 0.321 e. The van der Waals surface area contributed by atoms with Gasteiger partial charge in [0.1, 0.15) is 6.04 Å². The summed E-state index contributed by atoms with van der Waals surface area (Å²) < 4.78 is 25.9. The van der Waals surface area contributed by atoms with Gasteiger partial charge in [0.05, 0.1) is 5.75 Å². The van der Waals surface area contributed by atoms with Crippen LogP contribution in [0.25, 0.3) is 0 Å². The maximum atomic E-state index is 11.8. The summed E-state index contributed by atoms with van der Waals surface area (Å²) in [6.07, 6.45) is 0.792. The number of carboxylic acid groups (broad SMARTS) is 1. The summed E-state index contributed by atoms with van der Waals surface area (Å²) in [6, 6.07) is -1.03. The van der Waals surface area contributed by atoms with E-state index in [2.05, 4.69) is 4.72 Å². The number of rotatable bonds is 7. The number of hydrogen-bond donors (Lipinski definition) is 2. The fraction of sp³-hybridized carbons (Fsp3) is 0.917. The number of hydrogen-bond acceptors (Lipinski definition) is 3. The Labute approximate surface area is 110 Å². The van der Waals surface area contributed by atoms with E-state index >= 15 is 0 Å². The lowest BCUT2D eigenvalue weighted by Crippen LogP contribution is -2.43. The van der Waals surface area contributed by atoms with Crippen molar-refractivity contribution in [3.05, 3.63) is 0 Å². The molecule has 6 heteroatoms. The van der Waals surface area contributed by atoms with E-state index < -0.39 is 22.0 Å². The summed E-state index contributed by atoms with van der Waals surface area (Å²) in [7, 11) is -3.54. The maximum absolute atomic E-state index is 11.8. The lowest BCUT2D eigenvalue weighted by Gasteiger charge is -2.20. The Kier molecular flexibility index (Phi) is 6.29. The fourth-order valence-electron chi connectivity index (χ4n) is 1.39. The average Bonchev–Trinajstić information content (AvgIpc) is 2.11. The second-order valence-electron chi connectivity index (χ2n) is 6.27. The quantitative estimate of drug-likeness (QED) is 0.745. The normalized spacial score (nSPS) is 14.8. The van der Waals surface area contributed by atoms with Gasteiger partial charge in [0.2, 0.25) is 10.0 Å². The fourth-order valence-corrected chi connectivity index (χ4v) is 3.02. The molecule has 5 nitrogen and oxygen atoms in total. The van der Waals surface area contributed by atoms with Crippen LogP contribution in [0.4, 0.5) is 0 Å². The van der Waals surface area contributed by atoms with Gasteiger partial charge in [-0.3, -0.25) is 4.79 Å². The number of aliphatic carboxylic acids is 1. The van der Waals surface area contributed by atoms with E-state index in [0.717, 1.165) is 0 Å². The van der Waals surface area contributed by atoms with Gasteiger partial charge < -0.3 is 5.11 Å². The minimum atomic E-state index is -3.54. The number of nitrogens with one attached hydrogen (secondary N) is 1. The Morgan fingerprint density at radius 2 is 1.78 bits per heavy atom. The Balaban J connectivity index is 4.57. The molecular weight excluding hydrogens is 254 g/mol. The third kappa shape index (κ3) is 8.47. The van der Waals surface area contributed by atoms with Gasteiger partial charge in [0, 0.05) is 0 Å². The van der Waals surface area contributed by atoms with Crippen molar-refractivity contribution in [1.82, 2.24) is 4.72 Å². The average molecular weight is 279 g/mol. The van der Waals surface area contributed by atoms with Crippen molar-refractivity contribution < 1.29 is 18.3 Å². The van der Waals surface area contributed by atoms with Gasteiger partial charge in [0.25, 0.3) is 0 Å². The van der Waals surface area contributed by atoms with Gasteiger partial charge >= 0.3 is 5.97 Å². The summed E-state index contributed by atoms with van der Waals surface area (Å²) in [5.74, 6) is -1.04. The molecule has 1 unspecified atom stereocenters. The van der Waals surface area contributed by atoms with Crippen molar-refractivity contribution in [2.75, 3.05) is 5.75 Å². The van der Waals surface area contributed by atoms with Crippen molar-refractivity contribution in [2.24, 2.45) is 11.3 Å². The number of sulfonamides is 1. The first kappa shape index (κ1) is 17.4. The second-order valence-corrected chi connectivity index (χ2v) is 8.14. The summed E-state index contributed by atoms with van der Waals surface area (Å²) in [5, 5.41) is 8.99. The highest BCUT2D eigenvalue weighted by Crippen LogP contribution is 2.19. The lowest BCUT2D eigenvalue weighted by molar-refractivity contribution is -0.139. The van der Waals surface area contributed by atoms with Gasteiger partial charge in [-0.25, -0.2) is 13.1 Å². The SMILES string of the molecule is CC(C)CC(NS(=O)(=O)CCC(C)(C)C)C(=O)O. The number of carboxylic acids is 1. The Morgan fingerprint density at radius 3 is 2.11 bits per heavy atom. The standard InChI is InChI=1S/C12H25NO4S/c1-9(2)8-10(11(14)15)13-18(16,17)7-6-12(3,4)5/h9-10,13H,6-8H2,1-5H3,(H,14,15). The van der Waals surface area contributed by atoms with Crippen molar-refractivity contribution in [3.8, 4) is 0 Å². The molecule has 0 aromatic carbocycles. The van der Waals surface area contributed by atoms with E-state index in [4.69, 9.17) is 5.11 Å². The van der Waals surface area contributed by atoms with Gasteiger partial charge in [-0.1, -0.05) is 34.6 Å². The van der Waals surface area contributed by atoms with E-state index in [-0.39, 0.29) is 17.1 Å². The molecule has 0 aliphatic carbocycles. The molecule has 0 heterocycles. The van der Waals surface area contributed by atoms with Gasteiger partial charge in [-0.05, 0) is 24.2 Å². The molecule has 0 aliphatic rings. The van der Waals surface area contributed by atoms with E-state index in [0.29, 0.717) is 12.8 Å². The summed E-state index contributed by atoms with van der Waals surface area (Å²) >= 11 is 0. The first-order chi connectivity index (χ1) is 7.93. The molecule has 0 saturated heterocycles. The van der Waals surface area contributed by atoms with Crippen LogP contribution in [0.15, 0.2) is 0 Å². The highest BCUT2D eigenvalue weighted by molar-refractivity contribution is 7.89. The molecule has 1 atom stereocenters. The zero-order chi connectivity index (χ0) is 14.6. The molecule has 0 fully saturated rings. The summed E-state index contributed by atoms with van der Waals surface area (Å²) in [5.41, 5.74) is -0.0917. The van der Waals surface area contributed by atoms with E-state index in [1.807, 2.05) is 34.6 Å². The Morgan fingerprint density at radius 1 is 1.28 bits per heavy atom. The molecule has 0 amide bonds. The molecule has 108 valence electrons. The molecule has 0 saturated carbocycles. The van der Waals surface area contributed by atoms with Crippen LogP contribution < -0.4 is 4.72 Å². The molecule has 0 aromatic heterocycles. The topological polar surface area (TPSA) is 83.5 Å². The predicted octanol–water partition coefficient (Wildman–Crippen LogP) is 1.84. The van der Waals surface area contributed by atoms with E-state index in [1.165, 1.54) is 0 Å². The van der Waals surface area contributed by atoms with Crippen molar-refractivity contribution in [3.63, 3.8) is 0 Å². The molecule has 18 heavy (non-hydrogen) atoms. The minimum absolute atomic E-state index is 0.0433. The zero-order valence-corrected chi connectivity index (χ0v) is 12.7. The third-order valence-electron chi connectivity index (χ3n) is 2.45. The molecule has 0 rings (SSSR count).